The molecule has 2 aliphatic heterocycles. The van der Waals surface area contributed by atoms with Crippen LogP contribution in [-0.2, 0) is 4.79 Å². The molecule has 1 fully saturated rings. The lowest BCUT2D eigenvalue weighted by atomic mass is 9.88. The summed E-state index contributed by atoms with van der Waals surface area (Å²) in [6.45, 7) is 6.06. The van der Waals surface area contributed by atoms with E-state index in [0.717, 1.165) is 38.1 Å². The van der Waals surface area contributed by atoms with Crippen molar-refractivity contribution in [2.24, 2.45) is 0 Å². The van der Waals surface area contributed by atoms with Gasteiger partial charge in [-0.15, -0.1) is 0 Å². The molecule has 1 aliphatic carbocycles. The Labute approximate surface area is 113 Å². The number of hydrogen-bond acceptors (Lipinski definition) is 2. The lowest BCUT2D eigenvalue weighted by molar-refractivity contribution is -0.119. The van der Waals surface area contributed by atoms with Crippen molar-refractivity contribution in [3.8, 4) is 11.3 Å². The predicted octanol–water partition coefficient (Wildman–Crippen LogP) is 3.34. The summed E-state index contributed by atoms with van der Waals surface area (Å²) in [6, 6.07) is 4.08. The Hall–Kier alpha value is -1.77. The molecule has 0 N–H and O–H groups in total. The Morgan fingerprint density at radius 1 is 1.26 bits per heavy atom. The minimum atomic E-state index is 0.513. The summed E-state index contributed by atoms with van der Waals surface area (Å²) in [4.78, 5) is 12.7. The molecule has 100 valence electrons. The molecule has 0 atom stereocenters. The van der Waals surface area contributed by atoms with E-state index in [0.29, 0.717) is 5.92 Å². The van der Waals surface area contributed by atoms with Crippen LogP contribution in [0.1, 0.15) is 35.4 Å². The van der Waals surface area contributed by atoms with Gasteiger partial charge in [0.05, 0.1) is 6.26 Å². The van der Waals surface area contributed by atoms with E-state index in [4.69, 9.17) is 4.42 Å². The van der Waals surface area contributed by atoms with Gasteiger partial charge in [-0.1, -0.05) is 0 Å². The van der Waals surface area contributed by atoms with Gasteiger partial charge >= 0.3 is 0 Å². The van der Waals surface area contributed by atoms with Gasteiger partial charge < -0.3 is 9.32 Å². The van der Waals surface area contributed by atoms with Crippen LogP contribution in [0.5, 0.6) is 0 Å². The lowest BCUT2D eigenvalue weighted by Crippen LogP contribution is -2.31. The Bertz CT molecular complexity index is 565. The van der Waals surface area contributed by atoms with Crippen LogP contribution in [0.15, 0.2) is 22.8 Å². The fourth-order valence-electron chi connectivity index (χ4n) is 3.25. The second-order valence-corrected chi connectivity index (χ2v) is 5.44. The average molecular weight is 257 g/mol. The monoisotopic (exact) mass is 257 g/mol. The number of rotatable bonds is 2. The highest BCUT2D eigenvalue weighted by Gasteiger charge is 2.28. The molecule has 0 radical (unpaired) electrons. The van der Waals surface area contributed by atoms with Crippen LogP contribution in [0.4, 0.5) is 0 Å². The van der Waals surface area contributed by atoms with Gasteiger partial charge in [0.15, 0.2) is 0 Å². The van der Waals surface area contributed by atoms with E-state index in [-0.39, 0.29) is 0 Å². The maximum Gasteiger partial charge on any atom is 0.209 e. The molecule has 0 saturated carbocycles. The van der Waals surface area contributed by atoms with E-state index in [1.807, 2.05) is 11.0 Å². The molecule has 2 heterocycles. The van der Waals surface area contributed by atoms with Crippen molar-refractivity contribution >= 4 is 6.41 Å². The molecule has 1 saturated heterocycles. The first-order valence-corrected chi connectivity index (χ1v) is 6.88. The Morgan fingerprint density at radius 2 is 2.00 bits per heavy atom. The van der Waals surface area contributed by atoms with Gasteiger partial charge in [0.25, 0.3) is 0 Å². The molecule has 0 aromatic heterocycles. The molecule has 0 bridgehead atoms. The number of likely N-dealkylation sites (tertiary alicyclic amines) is 1. The standard InChI is InChI=1S/C16H19NO2/c1-11-12(2)15(16-14(11)4-3-9-19-16)13-5-7-17(10-18)8-6-13/h3-4,9-10,13H,5-8H2,1-2H3. The van der Waals surface area contributed by atoms with Gasteiger partial charge in [0.2, 0.25) is 6.41 Å². The molecule has 0 aromatic rings. The van der Waals surface area contributed by atoms with Gasteiger partial charge in [-0.05, 0) is 55.9 Å². The summed E-state index contributed by atoms with van der Waals surface area (Å²) >= 11 is 0. The van der Waals surface area contributed by atoms with Crippen molar-refractivity contribution in [3.05, 3.63) is 35.1 Å². The van der Waals surface area contributed by atoms with Crippen molar-refractivity contribution in [1.29, 1.82) is 0 Å². The maximum absolute atomic E-state index is 10.8. The Kier molecular flexibility index (Phi) is 3.05. The Balaban J connectivity index is 1.98. The molecule has 3 rings (SSSR count). The van der Waals surface area contributed by atoms with Gasteiger partial charge in [0, 0.05) is 24.2 Å². The average Bonchev–Trinajstić information content (AvgIpc) is 2.72. The number of carbonyl (C=O) groups excluding carboxylic acids is 1. The summed E-state index contributed by atoms with van der Waals surface area (Å²) in [6.07, 6.45) is 4.78. The summed E-state index contributed by atoms with van der Waals surface area (Å²) in [7, 11) is 0. The van der Waals surface area contributed by atoms with Crippen LogP contribution in [0.25, 0.3) is 11.3 Å². The van der Waals surface area contributed by atoms with Crippen LogP contribution in [0, 0.1) is 13.8 Å². The molecule has 0 aromatic carbocycles. The highest BCUT2D eigenvalue weighted by atomic mass is 16.3. The van der Waals surface area contributed by atoms with E-state index in [1.54, 1.807) is 6.26 Å². The smallest absolute Gasteiger partial charge is 0.209 e. The van der Waals surface area contributed by atoms with Crippen molar-refractivity contribution < 1.29 is 9.21 Å². The third-order valence-electron chi connectivity index (χ3n) is 4.47. The second-order valence-electron chi connectivity index (χ2n) is 5.44. The van der Waals surface area contributed by atoms with Crippen LogP contribution >= 0.6 is 0 Å². The number of nitrogens with zero attached hydrogens (tertiary/aromatic N) is 1. The molecular formula is C16H19NO2. The van der Waals surface area contributed by atoms with Crippen LogP contribution in [0.3, 0.4) is 0 Å². The zero-order chi connectivity index (χ0) is 13.4. The fraction of sp³-hybridized carbons (Fsp3) is 0.438. The molecule has 0 unspecified atom stereocenters. The van der Waals surface area contributed by atoms with E-state index >= 15 is 0 Å². The van der Waals surface area contributed by atoms with Crippen LogP contribution in [0.2, 0.25) is 0 Å². The number of amides is 1. The third-order valence-corrected chi connectivity index (χ3v) is 4.47. The SMILES string of the molecule is Cc1c2cccoc-2c(C2CCN(C=O)CC2)c1C. The summed E-state index contributed by atoms with van der Waals surface area (Å²) in [5.74, 6) is 1.56. The number of piperidine rings is 1. The highest BCUT2D eigenvalue weighted by Crippen LogP contribution is 2.43. The number of fused-ring (bicyclic) bond motifs is 1. The first-order chi connectivity index (χ1) is 9.22. The molecule has 3 heteroatoms. The van der Waals surface area contributed by atoms with E-state index in [1.165, 1.54) is 22.3 Å². The topological polar surface area (TPSA) is 33.5 Å². The van der Waals surface area contributed by atoms with E-state index in [9.17, 15) is 4.79 Å². The summed E-state index contributed by atoms with van der Waals surface area (Å²) in [5.41, 5.74) is 5.27. The summed E-state index contributed by atoms with van der Waals surface area (Å²) < 4.78 is 5.77. The molecule has 0 spiro atoms. The molecule has 1 amide bonds. The van der Waals surface area contributed by atoms with E-state index < -0.39 is 0 Å². The number of hydrogen-bond donors (Lipinski definition) is 0. The molecule has 19 heavy (non-hydrogen) atoms. The van der Waals surface area contributed by atoms with Crippen molar-refractivity contribution in [1.82, 2.24) is 4.90 Å². The minimum absolute atomic E-state index is 0.513. The third kappa shape index (κ3) is 1.93. The van der Waals surface area contributed by atoms with Crippen LogP contribution < -0.4 is 0 Å². The zero-order valence-electron chi connectivity index (χ0n) is 11.5. The highest BCUT2D eigenvalue weighted by molar-refractivity contribution is 5.73. The lowest BCUT2D eigenvalue weighted by Gasteiger charge is -2.29. The van der Waals surface area contributed by atoms with Crippen molar-refractivity contribution in [3.63, 3.8) is 0 Å². The van der Waals surface area contributed by atoms with Gasteiger partial charge in [-0.3, -0.25) is 4.79 Å². The first-order valence-electron chi connectivity index (χ1n) is 6.88. The molecule has 3 nitrogen and oxygen atoms in total. The van der Waals surface area contributed by atoms with Crippen molar-refractivity contribution in [2.75, 3.05) is 13.1 Å². The van der Waals surface area contributed by atoms with Gasteiger partial charge in [0.1, 0.15) is 5.76 Å². The first kappa shape index (κ1) is 12.3. The fourth-order valence-corrected chi connectivity index (χ4v) is 3.25. The molecule has 3 aliphatic rings. The quantitative estimate of drug-likeness (QED) is 0.773. The van der Waals surface area contributed by atoms with Crippen LogP contribution in [-0.4, -0.2) is 24.4 Å². The predicted molar refractivity (Wildman–Crippen MR) is 74.4 cm³/mol. The number of carbonyl (C=O) groups is 1. The summed E-state index contributed by atoms with van der Waals surface area (Å²) in [5, 5.41) is 0. The van der Waals surface area contributed by atoms with Gasteiger partial charge in [-0.25, -0.2) is 0 Å². The van der Waals surface area contributed by atoms with Crippen molar-refractivity contribution in [2.45, 2.75) is 32.6 Å². The normalized spacial score (nSPS) is 17.1. The maximum atomic E-state index is 10.8. The second kappa shape index (κ2) is 4.72. The van der Waals surface area contributed by atoms with E-state index in [2.05, 4.69) is 19.9 Å². The Morgan fingerprint density at radius 3 is 2.68 bits per heavy atom. The zero-order valence-corrected chi connectivity index (χ0v) is 11.5. The largest absolute Gasteiger partial charge is 0.464 e. The minimum Gasteiger partial charge on any atom is -0.464 e. The van der Waals surface area contributed by atoms with Gasteiger partial charge in [-0.2, -0.15) is 0 Å². The molecular weight excluding hydrogens is 238 g/mol.